The van der Waals surface area contributed by atoms with Gasteiger partial charge in [0.15, 0.2) is 0 Å². The summed E-state index contributed by atoms with van der Waals surface area (Å²) in [6.45, 7) is 4.15. The number of rotatable bonds is 4. The van der Waals surface area contributed by atoms with Crippen LogP contribution in [-0.4, -0.2) is 52.3 Å². The molecule has 1 aromatic heterocycles. The summed E-state index contributed by atoms with van der Waals surface area (Å²) in [6.07, 6.45) is 0. The largest absolute Gasteiger partial charge is 0.368 e. The van der Waals surface area contributed by atoms with E-state index in [9.17, 15) is 14.4 Å². The molecule has 10 heteroatoms. The van der Waals surface area contributed by atoms with Gasteiger partial charge in [0.25, 0.3) is 17.4 Å². The van der Waals surface area contributed by atoms with Crippen LogP contribution < -0.4 is 15.8 Å². The molecule has 1 atom stereocenters. The molecule has 6 rings (SSSR count). The third-order valence-electron chi connectivity index (χ3n) is 7.58. The second-order valence-electron chi connectivity index (χ2n) is 10.0. The van der Waals surface area contributed by atoms with E-state index in [1.165, 1.54) is 10.7 Å². The van der Waals surface area contributed by atoms with E-state index in [1.54, 1.807) is 60.4 Å². The highest BCUT2D eigenvalue weighted by atomic mass is 35.5. The van der Waals surface area contributed by atoms with Crippen molar-refractivity contribution in [2.45, 2.75) is 13.0 Å². The number of hydrogen-bond acceptors (Lipinski definition) is 5. The summed E-state index contributed by atoms with van der Waals surface area (Å²) < 4.78 is 2.59. The van der Waals surface area contributed by atoms with Crippen molar-refractivity contribution in [1.29, 1.82) is 0 Å². The van der Waals surface area contributed by atoms with Crippen LogP contribution in [0.25, 0.3) is 0 Å². The summed E-state index contributed by atoms with van der Waals surface area (Å²) in [5.74, 6) is -0.341. The van der Waals surface area contributed by atoms with Crippen molar-refractivity contribution in [3.05, 3.63) is 128 Å². The number of carbonyl (C=O) groups is 2. The van der Waals surface area contributed by atoms with Gasteiger partial charge in [-0.3, -0.25) is 14.4 Å². The van der Waals surface area contributed by atoms with E-state index >= 15 is 0 Å². The van der Waals surface area contributed by atoms with Crippen LogP contribution in [0.5, 0.6) is 0 Å². The number of nitrogens with zero attached hydrogens (tertiary/aromatic N) is 4. The molecule has 0 aliphatic carbocycles. The smallest absolute Gasteiger partial charge is 0.279 e. The molecule has 41 heavy (non-hydrogen) atoms. The summed E-state index contributed by atoms with van der Waals surface area (Å²) in [7, 11) is 0. The van der Waals surface area contributed by atoms with Crippen LogP contribution in [0.1, 0.15) is 28.9 Å². The SMILES string of the molecule is CC1=C(C(=O)N2CCN(c3ccccc3)CC2)C(c2cccc(Cl)c2Cl)n2c(cc(=O)n2C(=O)c2ccccc2)N1. The first-order valence-electron chi connectivity index (χ1n) is 13.3. The van der Waals surface area contributed by atoms with E-state index < -0.39 is 17.5 Å². The number of halogens is 2. The highest BCUT2D eigenvalue weighted by molar-refractivity contribution is 6.42. The Morgan fingerprint density at radius 3 is 2.17 bits per heavy atom. The Kier molecular flexibility index (Phi) is 7.19. The molecule has 3 aromatic carbocycles. The number of carbonyl (C=O) groups excluding carboxylic acids is 2. The van der Waals surface area contributed by atoms with E-state index in [4.69, 9.17) is 23.2 Å². The van der Waals surface area contributed by atoms with E-state index in [-0.39, 0.29) is 10.9 Å². The summed E-state index contributed by atoms with van der Waals surface area (Å²) in [4.78, 5) is 45.4. The third kappa shape index (κ3) is 4.83. The predicted octanol–water partition coefficient (Wildman–Crippen LogP) is 5.28. The zero-order chi connectivity index (χ0) is 28.7. The quantitative estimate of drug-likeness (QED) is 0.351. The molecule has 1 saturated heterocycles. The predicted molar refractivity (Wildman–Crippen MR) is 161 cm³/mol. The standard InChI is InChI=1S/C31H27Cl2N5O3/c1-20-27(31(41)36-17-15-35(16-18-36)22-11-6-3-7-12-22)29(23-13-8-14-24(32)28(23)33)37-25(34-20)19-26(39)38(37)30(40)21-9-4-2-5-10-21/h2-14,19,29,34H,15-18H2,1H3. The number of benzene rings is 3. The number of para-hydroxylation sites is 1. The summed E-state index contributed by atoms with van der Waals surface area (Å²) in [6, 6.07) is 24.3. The normalized spacial score (nSPS) is 16.8. The molecule has 0 saturated carbocycles. The molecule has 1 N–H and O–H groups in total. The lowest BCUT2D eigenvalue weighted by atomic mass is 9.94. The molecule has 4 aromatic rings. The van der Waals surface area contributed by atoms with Crippen LogP contribution in [0.2, 0.25) is 10.0 Å². The van der Waals surface area contributed by atoms with Gasteiger partial charge in [0.1, 0.15) is 11.9 Å². The molecule has 8 nitrogen and oxygen atoms in total. The van der Waals surface area contributed by atoms with E-state index in [0.717, 1.165) is 10.4 Å². The number of anilines is 2. The Hall–Kier alpha value is -4.27. The Labute approximate surface area is 247 Å². The highest BCUT2D eigenvalue weighted by Gasteiger charge is 2.39. The van der Waals surface area contributed by atoms with E-state index in [2.05, 4.69) is 22.3 Å². The number of amides is 1. The molecule has 1 fully saturated rings. The first-order valence-corrected chi connectivity index (χ1v) is 14.1. The lowest BCUT2D eigenvalue weighted by molar-refractivity contribution is -0.128. The molecule has 208 valence electrons. The molecule has 0 spiro atoms. The van der Waals surface area contributed by atoms with Gasteiger partial charge in [-0.25, -0.2) is 4.68 Å². The van der Waals surface area contributed by atoms with Crippen molar-refractivity contribution in [2.24, 2.45) is 0 Å². The molecule has 1 amide bonds. The number of piperazine rings is 1. The number of hydrogen-bond donors (Lipinski definition) is 1. The van der Waals surface area contributed by atoms with Crippen LogP contribution in [-0.2, 0) is 4.79 Å². The first-order chi connectivity index (χ1) is 19.8. The molecule has 0 bridgehead atoms. The minimum absolute atomic E-state index is 0.200. The number of allylic oxidation sites excluding steroid dienone is 1. The minimum Gasteiger partial charge on any atom is -0.368 e. The second kappa shape index (κ2) is 11.0. The van der Waals surface area contributed by atoms with Crippen molar-refractivity contribution in [3.8, 4) is 0 Å². The fourth-order valence-corrected chi connectivity index (χ4v) is 5.98. The van der Waals surface area contributed by atoms with Gasteiger partial charge in [-0.05, 0) is 37.3 Å². The highest BCUT2D eigenvalue weighted by Crippen LogP contribution is 2.41. The van der Waals surface area contributed by atoms with Gasteiger partial charge < -0.3 is 15.1 Å². The number of nitrogens with one attached hydrogen (secondary N) is 1. The summed E-state index contributed by atoms with van der Waals surface area (Å²) in [5, 5.41) is 3.76. The van der Waals surface area contributed by atoms with Crippen molar-refractivity contribution in [2.75, 3.05) is 36.4 Å². The van der Waals surface area contributed by atoms with E-state index in [1.807, 2.05) is 18.2 Å². The lowest BCUT2D eigenvalue weighted by Crippen LogP contribution is -2.50. The Morgan fingerprint density at radius 1 is 0.829 bits per heavy atom. The topological polar surface area (TPSA) is 79.6 Å². The summed E-state index contributed by atoms with van der Waals surface area (Å²) >= 11 is 13.2. The fourth-order valence-electron chi connectivity index (χ4n) is 5.57. The van der Waals surface area contributed by atoms with Crippen LogP contribution in [0.4, 0.5) is 11.5 Å². The minimum atomic E-state index is -0.882. The first kappa shape index (κ1) is 26.9. The van der Waals surface area contributed by atoms with Gasteiger partial charge in [0, 0.05) is 54.8 Å². The fraction of sp³-hybridized carbons (Fsp3) is 0.194. The molecule has 2 aliphatic rings. The number of aromatic nitrogens is 2. The molecule has 2 aliphatic heterocycles. The average Bonchev–Trinajstić information content (AvgIpc) is 3.33. The maximum atomic E-state index is 14.3. The molecule has 0 radical (unpaired) electrons. The zero-order valence-electron chi connectivity index (χ0n) is 22.3. The Bertz CT molecular complexity index is 1720. The van der Waals surface area contributed by atoms with Crippen molar-refractivity contribution in [1.82, 2.24) is 14.3 Å². The van der Waals surface area contributed by atoms with Crippen molar-refractivity contribution in [3.63, 3.8) is 0 Å². The Morgan fingerprint density at radius 2 is 1.49 bits per heavy atom. The van der Waals surface area contributed by atoms with Crippen LogP contribution >= 0.6 is 23.2 Å². The molecular formula is C31H27Cl2N5O3. The van der Waals surface area contributed by atoms with Crippen LogP contribution in [0.3, 0.4) is 0 Å². The monoisotopic (exact) mass is 587 g/mol. The molecular weight excluding hydrogens is 561 g/mol. The van der Waals surface area contributed by atoms with Gasteiger partial charge in [0.2, 0.25) is 0 Å². The van der Waals surface area contributed by atoms with Gasteiger partial charge in [-0.1, -0.05) is 71.7 Å². The third-order valence-corrected chi connectivity index (χ3v) is 8.41. The summed E-state index contributed by atoms with van der Waals surface area (Å²) in [5.41, 5.74) is 2.40. The molecule has 1 unspecified atom stereocenters. The van der Waals surface area contributed by atoms with Crippen LogP contribution in [0.15, 0.2) is 101 Å². The Balaban J connectivity index is 1.43. The van der Waals surface area contributed by atoms with Gasteiger partial charge in [-0.2, -0.15) is 4.68 Å². The van der Waals surface area contributed by atoms with Crippen LogP contribution in [0, 0.1) is 0 Å². The molecule has 3 heterocycles. The zero-order valence-corrected chi connectivity index (χ0v) is 23.8. The van der Waals surface area contributed by atoms with Gasteiger partial charge >= 0.3 is 0 Å². The number of fused-ring (bicyclic) bond motifs is 1. The van der Waals surface area contributed by atoms with E-state index in [0.29, 0.717) is 59.4 Å². The average molecular weight is 588 g/mol. The second-order valence-corrected chi connectivity index (χ2v) is 10.8. The lowest BCUT2D eigenvalue weighted by Gasteiger charge is -2.39. The van der Waals surface area contributed by atoms with Crippen molar-refractivity contribution >= 4 is 46.5 Å². The van der Waals surface area contributed by atoms with Gasteiger partial charge in [-0.15, -0.1) is 0 Å². The maximum Gasteiger partial charge on any atom is 0.279 e. The van der Waals surface area contributed by atoms with Gasteiger partial charge in [0.05, 0.1) is 15.6 Å². The van der Waals surface area contributed by atoms with Crippen molar-refractivity contribution < 1.29 is 9.59 Å². The maximum absolute atomic E-state index is 14.3.